The van der Waals surface area contributed by atoms with E-state index < -0.39 is 11.7 Å². The monoisotopic (exact) mass is 250 g/mol. The summed E-state index contributed by atoms with van der Waals surface area (Å²) in [5.74, 6) is 0.776. The second-order valence-corrected chi connectivity index (χ2v) is 5.98. The first-order valence-electron chi connectivity index (χ1n) is 6.49. The highest BCUT2D eigenvalue weighted by Gasteiger charge is 2.42. The average Bonchev–Trinajstić information content (AvgIpc) is 2.26. The van der Waals surface area contributed by atoms with E-state index >= 15 is 0 Å². The molecule has 3 atom stereocenters. The van der Waals surface area contributed by atoms with Gasteiger partial charge in [0.15, 0.2) is 0 Å². The topological polar surface area (TPSA) is 60.7 Å². The quantitative estimate of drug-likeness (QED) is 0.717. The fraction of sp³-hybridized carbons (Fsp3) is 0.600. The van der Waals surface area contributed by atoms with Gasteiger partial charge in [0.2, 0.25) is 0 Å². The van der Waals surface area contributed by atoms with Crippen molar-refractivity contribution in [3.8, 4) is 5.75 Å². The Bertz CT molecular complexity index is 463. The summed E-state index contributed by atoms with van der Waals surface area (Å²) < 4.78 is 0. The van der Waals surface area contributed by atoms with Crippen molar-refractivity contribution in [3.63, 3.8) is 0 Å². The summed E-state index contributed by atoms with van der Waals surface area (Å²) in [7, 11) is 0. The maximum Gasteiger partial charge on any atom is 0.118 e. The average molecular weight is 250 g/mol. The lowest BCUT2D eigenvalue weighted by atomic mass is 9.69. The van der Waals surface area contributed by atoms with Gasteiger partial charge in [-0.15, -0.1) is 0 Å². The second kappa shape index (κ2) is 4.25. The highest BCUT2D eigenvalue weighted by Crippen LogP contribution is 2.46. The van der Waals surface area contributed by atoms with Gasteiger partial charge in [0.1, 0.15) is 11.4 Å². The Labute approximate surface area is 108 Å². The van der Waals surface area contributed by atoms with Crippen molar-refractivity contribution in [2.24, 2.45) is 5.92 Å². The number of aromatic hydroxyl groups is 1. The summed E-state index contributed by atoms with van der Waals surface area (Å²) in [6.07, 6.45) is -0.235. The SMILES string of the molecule is Cc1cc2c(cc1O)[C@](C)(O)[C@@H](O)C[C@@H]2C(C)C. The molecule has 2 rings (SSSR count). The molecule has 1 aliphatic carbocycles. The molecule has 1 aromatic rings. The summed E-state index contributed by atoms with van der Waals surface area (Å²) in [5, 5.41) is 30.4. The molecule has 0 saturated heterocycles. The molecule has 1 aliphatic rings. The first-order valence-corrected chi connectivity index (χ1v) is 6.49. The van der Waals surface area contributed by atoms with E-state index in [9.17, 15) is 15.3 Å². The Morgan fingerprint density at radius 1 is 1.33 bits per heavy atom. The molecule has 18 heavy (non-hydrogen) atoms. The molecular formula is C15H22O3. The molecule has 3 nitrogen and oxygen atoms in total. The van der Waals surface area contributed by atoms with Gasteiger partial charge in [-0.05, 0) is 54.9 Å². The van der Waals surface area contributed by atoms with Crippen LogP contribution in [0.4, 0.5) is 0 Å². The molecule has 0 radical (unpaired) electrons. The number of hydrogen-bond donors (Lipinski definition) is 3. The third kappa shape index (κ3) is 1.91. The first-order chi connectivity index (χ1) is 8.25. The van der Waals surface area contributed by atoms with Crippen LogP contribution < -0.4 is 0 Å². The summed E-state index contributed by atoms with van der Waals surface area (Å²) in [6, 6.07) is 3.54. The summed E-state index contributed by atoms with van der Waals surface area (Å²) in [6.45, 7) is 7.70. The smallest absolute Gasteiger partial charge is 0.118 e. The molecule has 100 valence electrons. The molecule has 0 aliphatic heterocycles. The Hall–Kier alpha value is -1.06. The van der Waals surface area contributed by atoms with Crippen molar-refractivity contribution in [1.29, 1.82) is 0 Å². The van der Waals surface area contributed by atoms with E-state index in [0.717, 1.165) is 11.1 Å². The molecule has 0 saturated carbocycles. The fourth-order valence-electron chi connectivity index (χ4n) is 2.87. The predicted molar refractivity (Wildman–Crippen MR) is 70.6 cm³/mol. The maximum absolute atomic E-state index is 10.4. The van der Waals surface area contributed by atoms with Crippen LogP contribution in [-0.4, -0.2) is 21.4 Å². The number of aliphatic hydroxyl groups excluding tert-OH is 1. The van der Waals surface area contributed by atoms with Crippen LogP contribution >= 0.6 is 0 Å². The van der Waals surface area contributed by atoms with Crippen LogP contribution in [0.1, 0.15) is 49.8 Å². The van der Waals surface area contributed by atoms with E-state index in [1.54, 1.807) is 13.0 Å². The van der Waals surface area contributed by atoms with Crippen molar-refractivity contribution < 1.29 is 15.3 Å². The summed E-state index contributed by atoms with van der Waals surface area (Å²) in [4.78, 5) is 0. The van der Waals surface area contributed by atoms with Crippen molar-refractivity contribution in [2.45, 2.75) is 51.7 Å². The van der Waals surface area contributed by atoms with E-state index in [2.05, 4.69) is 13.8 Å². The normalized spacial score (nSPS) is 31.5. The molecule has 0 fully saturated rings. The third-order valence-electron chi connectivity index (χ3n) is 4.24. The van der Waals surface area contributed by atoms with Crippen LogP contribution in [0.3, 0.4) is 0 Å². The highest BCUT2D eigenvalue weighted by atomic mass is 16.3. The second-order valence-electron chi connectivity index (χ2n) is 5.98. The molecule has 0 unspecified atom stereocenters. The number of rotatable bonds is 1. The van der Waals surface area contributed by atoms with E-state index in [1.165, 1.54) is 0 Å². The molecule has 0 aromatic heterocycles. The Balaban J connectivity index is 2.65. The molecule has 0 bridgehead atoms. The van der Waals surface area contributed by atoms with Crippen LogP contribution in [0, 0.1) is 12.8 Å². The Kier molecular flexibility index (Phi) is 3.16. The lowest BCUT2D eigenvalue weighted by Crippen LogP contribution is -2.43. The zero-order chi connectivity index (χ0) is 13.7. The molecular weight excluding hydrogens is 228 g/mol. The first kappa shape index (κ1) is 13.4. The van der Waals surface area contributed by atoms with Crippen molar-refractivity contribution in [1.82, 2.24) is 0 Å². The van der Waals surface area contributed by atoms with E-state index in [-0.39, 0.29) is 11.7 Å². The lowest BCUT2D eigenvalue weighted by molar-refractivity contribution is -0.0834. The number of hydrogen-bond acceptors (Lipinski definition) is 3. The zero-order valence-corrected chi connectivity index (χ0v) is 11.4. The Morgan fingerprint density at radius 2 is 1.94 bits per heavy atom. The standard InChI is InChI=1S/C15H22O3/c1-8(2)10-6-14(17)15(4,18)12-7-13(16)9(3)5-11(10)12/h5,7-8,10,14,16-18H,6H2,1-4H3/t10-,14+,15+/m1/s1. The van der Waals surface area contributed by atoms with E-state index in [0.29, 0.717) is 17.9 Å². The van der Waals surface area contributed by atoms with Gasteiger partial charge in [-0.3, -0.25) is 0 Å². The Morgan fingerprint density at radius 3 is 2.50 bits per heavy atom. The van der Waals surface area contributed by atoms with Gasteiger partial charge in [0.05, 0.1) is 6.10 Å². The van der Waals surface area contributed by atoms with Gasteiger partial charge in [-0.25, -0.2) is 0 Å². The van der Waals surface area contributed by atoms with Crippen molar-refractivity contribution in [2.75, 3.05) is 0 Å². The minimum atomic E-state index is -1.29. The molecule has 3 heteroatoms. The summed E-state index contributed by atoms with van der Waals surface area (Å²) in [5.41, 5.74) is 1.23. The van der Waals surface area contributed by atoms with Crippen molar-refractivity contribution in [3.05, 3.63) is 28.8 Å². The van der Waals surface area contributed by atoms with Crippen LogP contribution in [0.25, 0.3) is 0 Å². The number of aliphatic hydroxyl groups is 2. The minimum absolute atomic E-state index is 0.172. The summed E-state index contributed by atoms with van der Waals surface area (Å²) >= 11 is 0. The van der Waals surface area contributed by atoms with Gasteiger partial charge < -0.3 is 15.3 Å². The number of fused-ring (bicyclic) bond motifs is 1. The van der Waals surface area contributed by atoms with Crippen LogP contribution in [0.5, 0.6) is 5.75 Å². The number of phenols is 1. The zero-order valence-electron chi connectivity index (χ0n) is 11.4. The number of benzene rings is 1. The van der Waals surface area contributed by atoms with Crippen molar-refractivity contribution >= 4 is 0 Å². The minimum Gasteiger partial charge on any atom is -0.508 e. The van der Waals surface area contributed by atoms with Gasteiger partial charge in [-0.1, -0.05) is 19.9 Å². The molecule has 1 aromatic carbocycles. The van der Waals surface area contributed by atoms with Gasteiger partial charge in [0, 0.05) is 0 Å². The lowest BCUT2D eigenvalue weighted by Gasteiger charge is -2.41. The maximum atomic E-state index is 10.4. The van der Waals surface area contributed by atoms with E-state index in [4.69, 9.17) is 0 Å². The van der Waals surface area contributed by atoms with Gasteiger partial charge in [0.25, 0.3) is 0 Å². The fourth-order valence-corrected chi connectivity index (χ4v) is 2.87. The highest BCUT2D eigenvalue weighted by molar-refractivity contribution is 5.47. The number of phenolic OH excluding ortho intramolecular Hbond substituents is 1. The van der Waals surface area contributed by atoms with E-state index in [1.807, 2.05) is 13.0 Å². The molecule has 0 amide bonds. The van der Waals surface area contributed by atoms with Crippen LogP contribution in [-0.2, 0) is 5.60 Å². The van der Waals surface area contributed by atoms with Crippen LogP contribution in [0.15, 0.2) is 12.1 Å². The molecule has 0 heterocycles. The number of aryl methyl sites for hydroxylation is 1. The largest absolute Gasteiger partial charge is 0.508 e. The molecule has 3 N–H and O–H groups in total. The van der Waals surface area contributed by atoms with Crippen LogP contribution in [0.2, 0.25) is 0 Å². The molecule has 0 spiro atoms. The third-order valence-corrected chi connectivity index (χ3v) is 4.24. The predicted octanol–water partition coefficient (Wildman–Crippen LogP) is 2.41. The van der Waals surface area contributed by atoms with Gasteiger partial charge in [-0.2, -0.15) is 0 Å². The van der Waals surface area contributed by atoms with Gasteiger partial charge >= 0.3 is 0 Å².